The first-order valence-electron chi connectivity index (χ1n) is 5.69. The Hall–Kier alpha value is -0.580. The summed E-state index contributed by atoms with van der Waals surface area (Å²) in [6.45, 7) is 3.52. The number of alkyl halides is 3. The van der Waals surface area contributed by atoms with Crippen LogP contribution in [-0.4, -0.2) is 36.5 Å². The minimum atomic E-state index is -4.15. The van der Waals surface area contributed by atoms with Crippen LogP contribution in [0.2, 0.25) is 0 Å². The van der Waals surface area contributed by atoms with Crippen molar-refractivity contribution in [3.63, 3.8) is 0 Å². The Morgan fingerprint density at radius 3 is 2.25 bits per heavy atom. The van der Waals surface area contributed by atoms with Crippen LogP contribution in [0.15, 0.2) is 0 Å². The second-order valence-electron chi connectivity index (χ2n) is 3.89. The summed E-state index contributed by atoms with van der Waals surface area (Å²) in [4.78, 5) is 12.4. The van der Waals surface area contributed by atoms with Crippen LogP contribution in [-0.2, 0) is 4.79 Å². The van der Waals surface area contributed by atoms with Gasteiger partial charge < -0.3 is 0 Å². The molecular weight excluding hydrogens is 219 g/mol. The van der Waals surface area contributed by atoms with Gasteiger partial charge in [0.25, 0.3) is 0 Å². The maximum atomic E-state index is 12.2. The third kappa shape index (κ3) is 8.71. The van der Waals surface area contributed by atoms with Crippen molar-refractivity contribution in [1.29, 1.82) is 0 Å². The maximum absolute atomic E-state index is 12.2. The molecule has 16 heavy (non-hydrogen) atoms. The van der Waals surface area contributed by atoms with Gasteiger partial charge in [0, 0.05) is 12.8 Å². The first-order chi connectivity index (χ1) is 7.39. The highest BCUT2D eigenvalue weighted by atomic mass is 19.4. The lowest BCUT2D eigenvalue weighted by molar-refractivity contribution is -0.146. The Balaban J connectivity index is 3.89. The first kappa shape index (κ1) is 15.4. The molecule has 0 saturated carbocycles. The molecule has 0 rings (SSSR count). The molecule has 0 aromatic carbocycles. The molecule has 0 fully saturated rings. The number of hydrogen-bond donors (Lipinski definition) is 0. The van der Waals surface area contributed by atoms with Crippen molar-refractivity contribution in [2.75, 3.05) is 19.6 Å². The summed E-state index contributed by atoms with van der Waals surface area (Å²) in [6, 6.07) is 0. The fourth-order valence-corrected chi connectivity index (χ4v) is 1.52. The zero-order valence-corrected chi connectivity index (χ0v) is 9.94. The van der Waals surface area contributed by atoms with Gasteiger partial charge in [0.15, 0.2) is 0 Å². The van der Waals surface area contributed by atoms with Crippen LogP contribution in [0.25, 0.3) is 0 Å². The standard InChI is InChI=1S/C11H20F3NO/c1-3-7-15(9-11(12,13)14)8-5-6-10(16)4-2/h3-9H2,1-2H3. The number of Topliss-reactive ketones (excluding diaryl/α,β-unsaturated/α-hetero) is 1. The molecule has 0 aromatic heterocycles. The summed E-state index contributed by atoms with van der Waals surface area (Å²) < 4.78 is 36.5. The molecule has 2 nitrogen and oxygen atoms in total. The van der Waals surface area contributed by atoms with E-state index in [9.17, 15) is 18.0 Å². The molecule has 0 saturated heterocycles. The van der Waals surface area contributed by atoms with E-state index in [0.29, 0.717) is 38.8 Å². The number of ketones is 1. The van der Waals surface area contributed by atoms with E-state index in [1.54, 1.807) is 6.92 Å². The number of carbonyl (C=O) groups excluding carboxylic acids is 1. The maximum Gasteiger partial charge on any atom is 0.401 e. The molecule has 96 valence electrons. The third-order valence-corrected chi connectivity index (χ3v) is 2.27. The van der Waals surface area contributed by atoms with Gasteiger partial charge in [-0.3, -0.25) is 9.69 Å². The summed E-state index contributed by atoms with van der Waals surface area (Å²) in [5.41, 5.74) is 0. The quantitative estimate of drug-likeness (QED) is 0.649. The molecular formula is C11H20F3NO. The van der Waals surface area contributed by atoms with Gasteiger partial charge in [0.2, 0.25) is 0 Å². The fourth-order valence-electron chi connectivity index (χ4n) is 1.52. The average Bonchev–Trinajstić information content (AvgIpc) is 2.15. The predicted octanol–water partition coefficient (Wildman–Crippen LogP) is 3.02. The Kier molecular flexibility index (Phi) is 7.38. The van der Waals surface area contributed by atoms with Gasteiger partial charge >= 0.3 is 6.18 Å². The van der Waals surface area contributed by atoms with E-state index < -0.39 is 12.7 Å². The van der Waals surface area contributed by atoms with Crippen molar-refractivity contribution in [1.82, 2.24) is 4.90 Å². The normalized spacial score (nSPS) is 12.1. The smallest absolute Gasteiger partial charge is 0.300 e. The first-order valence-corrected chi connectivity index (χ1v) is 5.69. The summed E-state index contributed by atoms with van der Waals surface area (Å²) >= 11 is 0. The Morgan fingerprint density at radius 2 is 1.81 bits per heavy atom. The van der Waals surface area contributed by atoms with E-state index in [4.69, 9.17) is 0 Å². The van der Waals surface area contributed by atoms with Crippen LogP contribution in [0.3, 0.4) is 0 Å². The number of nitrogens with zero attached hydrogens (tertiary/aromatic N) is 1. The lowest BCUT2D eigenvalue weighted by Crippen LogP contribution is -2.35. The summed E-state index contributed by atoms with van der Waals surface area (Å²) in [5, 5.41) is 0. The molecule has 0 bridgehead atoms. The van der Waals surface area contributed by atoms with E-state index in [-0.39, 0.29) is 5.78 Å². The average molecular weight is 239 g/mol. The van der Waals surface area contributed by atoms with E-state index in [1.807, 2.05) is 6.92 Å². The molecule has 0 heterocycles. The zero-order valence-electron chi connectivity index (χ0n) is 9.94. The van der Waals surface area contributed by atoms with Crippen molar-refractivity contribution in [3.05, 3.63) is 0 Å². The molecule has 0 unspecified atom stereocenters. The molecule has 0 amide bonds. The number of rotatable bonds is 8. The van der Waals surface area contributed by atoms with E-state index >= 15 is 0 Å². The monoisotopic (exact) mass is 239 g/mol. The molecule has 0 radical (unpaired) electrons. The van der Waals surface area contributed by atoms with E-state index in [0.717, 1.165) is 0 Å². The topological polar surface area (TPSA) is 20.3 Å². The molecule has 5 heteroatoms. The lowest BCUT2D eigenvalue weighted by Gasteiger charge is -2.22. The van der Waals surface area contributed by atoms with Crippen LogP contribution in [0.4, 0.5) is 13.2 Å². The molecule has 0 aliphatic heterocycles. The Morgan fingerprint density at radius 1 is 1.19 bits per heavy atom. The lowest BCUT2D eigenvalue weighted by atomic mass is 10.2. The van der Waals surface area contributed by atoms with E-state index in [2.05, 4.69) is 0 Å². The van der Waals surface area contributed by atoms with Gasteiger partial charge in [-0.25, -0.2) is 0 Å². The Bertz CT molecular complexity index is 204. The van der Waals surface area contributed by atoms with Crippen LogP contribution in [0.5, 0.6) is 0 Å². The van der Waals surface area contributed by atoms with Gasteiger partial charge in [-0.1, -0.05) is 13.8 Å². The third-order valence-electron chi connectivity index (χ3n) is 2.27. The van der Waals surface area contributed by atoms with Gasteiger partial charge in [-0.05, 0) is 25.9 Å². The largest absolute Gasteiger partial charge is 0.401 e. The second-order valence-corrected chi connectivity index (χ2v) is 3.89. The molecule has 0 atom stereocenters. The zero-order chi connectivity index (χ0) is 12.6. The molecule has 0 N–H and O–H groups in total. The minimum Gasteiger partial charge on any atom is -0.300 e. The second kappa shape index (κ2) is 7.65. The van der Waals surface area contributed by atoms with Crippen molar-refractivity contribution >= 4 is 5.78 Å². The summed E-state index contributed by atoms with van der Waals surface area (Å²) in [7, 11) is 0. The van der Waals surface area contributed by atoms with E-state index in [1.165, 1.54) is 4.90 Å². The number of halogens is 3. The van der Waals surface area contributed by atoms with Crippen LogP contribution >= 0.6 is 0 Å². The SMILES string of the molecule is CCCN(CCCC(=O)CC)CC(F)(F)F. The molecule has 0 aliphatic rings. The molecule has 0 aromatic rings. The molecule has 0 spiro atoms. The van der Waals surface area contributed by atoms with Crippen molar-refractivity contribution in [2.24, 2.45) is 0 Å². The summed E-state index contributed by atoms with van der Waals surface area (Å²) in [6.07, 6.45) is -2.09. The number of carbonyl (C=O) groups is 1. The molecule has 0 aliphatic carbocycles. The highest BCUT2D eigenvalue weighted by Crippen LogP contribution is 2.17. The highest BCUT2D eigenvalue weighted by Gasteiger charge is 2.30. The number of hydrogen-bond acceptors (Lipinski definition) is 2. The predicted molar refractivity (Wildman–Crippen MR) is 57.3 cm³/mol. The van der Waals surface area contributed by atoms with Crippen molar-refractivity contribution in [3.8, 4) is 0 Å². The van der Waals surface area contributed by atoms with Crippen LogP contribution in [0, 0.1) is 0 Å². The van der Waals surface area contributed by atoms with Crippen LogP contribution < -0.4 is 0 Å². The van der Waals surface area contributed by atoms with Crippen molar-refractivity contribution < 1.29 is 18.0 Å². The van der Waals surface area contributed by atoms with Crippen LogP contribution in [0.1, 0.15) is 39.5 Å². The van der Waals surface area contributed by atoms with Gasteiger partial charge in [0.05, 0.1) is 6.54 Å². The minimum absolute atomic E-state index is 0.114. The van der Waals surface area contributed by atoms with Gasteiger partial charge in [-0.15, -0.1) is 0 Å². The highest BCUT2D eigenvalue weighted by molar-refractivity contribution is 5.77. The van der Waals surface area contributed by atoms with Gasteiger partial charge in [-0.2, -0.15) is 13.2 Å². The summed E-state index contributed by atoms with van der Waals surface area (Å²) in [5.74, 6) is 0.114. The van der Waals surface area contributed by atoms with Crippen molar-refractivity contribution in [2.45, 2.75) is 45.7 Å². The van der Waals surface area contributed by atoms with Gasteiger partial charge in [0.1, 0.15) is 5.78 Å². The fraction of sp³-hybridized carbons (Fsp3) is 0.909. The Labute approximate surface area is 94.8 Å².